The Labute approximate surface area is 157 Å². The van der Waals surface area contributed by atoms with Crippen molar-refractivity contribution in [2.24, 2.45) is 5.73 Å². The molecule has 2 aromatic carbocycles. The Kier molecular flexibility index (Phi) is 9.85. The van der Waals surface area contributed by atoms with Crippen molar-refractivity contribution in [1.82, 2.24) is 9.80 Å². The van der Waals surface area contributed by atoms with E-state index in [1.807, 2.05) is 55.6 Å². The first-order chi connectivity index (χ1) is 11.7. The molecule has 25 heavy (non-hydrogen) atoms. The highest BCUT2D eigenvalue weighted by Crippen LogP contribution is 2.05. The number of hydrogen-bond donors (Lipinski definition) is 1. The average Bonchev–Trinajstić information content (AvgIpc) is 2.61. The van der Waals surface area contributed by atoms with Crippen LogP contribution in [0.15, 0.2) is 60.7 Å². The van der Waals surface area contributed by atoms with E-state index in [9.17, 15) is 4.79 Å². The quantitative estimate of drug-likeness (QED) is 0.746. The van der Waals surface area contributed by atoms with Crippen molar-refractivity contribution in [1.29, 1.82) is 0 Å². The predicted molar refractivity (Wildman–Crippen MR) is 106 cm³/mol. The molecular formula is C20H28ClN3O. The first-order valence-electron chi connectivity index (χ1n) is 8.43. The van der Waals surface area contributed by atoms with Crippen LogP contribution < -0.4 is 5.73 Å². The van der Waals surface area contributed by atoms with Gasteiger partial charge >= 0.3 is 0 Å². The van der Waals surface area contributed by atoms with Crippen molar-refractivity contribution in [2.75, 3.05) is 33.2 Å². The Morgan fingerprint density at radius 1 is 0.920 bits per heavy atom. The zero-order valence-corrected chi connectivity index (χ0v) is 15.6. The van der Waals surface area contributed by atoms with Gasteiger partial charge in [0.25, 0.3) is 0 Å². The lowest BCUT2D eigenvalue weighted by Crippen LogP contribution is -2.41. The molecule has 4 nitrogen and oxygen atoms in total. The molecule has 0 heterocycles. The lowest BCUT2D eigenvalue weighted by atomic mass is 10.1. The Morgan fingerprint density at radius 2 is 1.48 bits per heavy atom. The van der Waals surface area contributed by atoms with Gasteiger partial charge in [-0.25, -0.2) is 0 Å². The number of carbonyl (C=O) groups excluding carboxylic acids is 1. The zero-order valence-electron chi connectivity index (χ0n) is 14.8. The predicted octanol–water partition coefficient (Wildman–Crippen LogP) is 2.57. The van der Waals surface area contributed by atoms with E-state index in [2.05, 4.69) is 17.0 Å². The molecule has 0 bridgehead atoms. The summed E-state index contributed by atoms with van der Waals surface area (Å²) in [7, 11) is 1.85. The SMILES string of the molecule is CN(Cc1ccccc1)C(=O)CN(CCN)CCc1ccccc1.Cl. The molecule has 0 radical (unpaired) electrons. The molecule has 0 spiro atoms. The summed E-state index contributed by atoms with van der Waals surface area (Å²) in [5.74, 6) is 0.125. The third kappa shape index (κ3) is 7.69. The van der Waals surface area contributed by atoms with Gasteiger partial charge in [0, 0.05) is 33.2 Å². The van der Waals surface area contributed by atoms with Gasteiger partial charge in [0.05, 0.1) is 6.54 Å². The smallest absolute Gasteiger partial charge is 0.236 e. The van der Waals surface area contributed by atoms with Crippen molar-refractivity contribution >= 4 is 18.3 Å². The van der Waals surface area contributed by atoms with Crippen LogP contribution in [-0.2, 0) is 17.8 Å². The van der Waals surface area contributed by atoms with E-state index in [0.29, 0.717) is 19.6 Å². The van der Waals surface area contributed by atoms with Crippen LogP contribution in [0.25, 0.3) is 0 Å². The minimum Gasteiger partial charge on any atom is -0.340 e. The third-order valence-corrected chi connectivity index (χ3v) is 4.05. The number of amides is 1. The summed E-state index contributed by atoms with van der Waals surface area (Å²) in [6, 6.07) is 20.4. The van der Waals surface area contributed by atoms with Crippen LogP contribution in [0.5, 0.6) is 0 Å². The van der Waals surface area contributed by atoms with Gasteiger partial charge < -0.3 is 10.6 Å². The monoisotopic (exact) mass is 361 g/mol. The average molecular weight is 362 g/mol. The third-order valence-electron chi connectivity index (χ3n) is 4.05. The largest absolute Gasteiger partial charge is 0.340 e. The molecule has 0 saturated heterocycles. The second-order valence-corrected chi connectivity index (χ2v) is 6.04. The van der Waals surface area contributed by atoms with Crippen molar-refractivity contribution in [3.8, 4) is 0 Å². The molecule has 2 rings (SSSR count). The van der Waals surface area contributed by atoms with Gasteiger partial charge in [0.1, 0.15) is 0 Å². The molecule has 0 aliphatic carbocycles. The molecule has 0 aromatic heterocycles. The number of likely N-dealkylation sites (N-methyl/N-ethyl adjacent to an activating group) is 1. The maximum absolute atomic E-state index is 12.5. The minimum atomic E-state index is 0. The number of rotatable bonds is 9. The van der Waals surface area contributed by atoms with Gasteiger partial charge in [0.15, 0.2) is 0 Å². The molecule has 0 atom stereocenters. The normalized spacial score (nSPS) is 10.4. The van der Waals surface area contributed by atoms with E-state index in [4.69, 9.17) is 5.73 Å². The Morgan fingerprint density at radius 3 is 2.04 bits per heavy atom. The summed E-state index contributed by atoms with van der Waals surface area (Å²) in [4.78, 5) is 16.4. The molecule has 0 saturated carbocycles. The Balaban J connectivity index is 0.00000312. The summed E-state index contributed by atoms with van der Waals surface area (Å²) in [6.07, 6.45) is 0.927. The first kappa shape index (κ1) is 21.2. The van der Waals surface area contributed by atoms with Gasteiger partial charge in [-0.3, -0.25) is 9.69 Å². The number of carbonyl (C=O) groups is 1. The molecule has 0 unspecified atom stereocenters. The van der Waals surface area contributed by atoms with Gasteiger partial charge in [0.2, 0.25) is 5.91 Å². The van der Waals surface area contributed by atoms with E-state index in [1.54, 1.807) is 4.90 Å². The second kappa shape index (κ2) is 11.6. The van der Waals surface area contributed by atoms with E-state index >= 15 is 0 Å². The fourth-order valence-electron chi connectivity index (χ4n) is 2.64. The van der Waals surface area contributed by atoms with Crippen LogP contribution in [0.4, 0.5) is 0 Å². The Bertz CT molecular complexity index is 607. The maximum Gasteiger partial charge on any atom is 0.236 e. The van der Waals surface area contributed by atoms with E-state index in [0.717, 1.165) is 25.1 Å². The van der Waals surface area contributed by atoms with E-state index < -0.39 is 0 Å². The Hall–Kier alpha value is -1.88. The van der Waals surface area contributed by atoms with Crippen molar-refractivity contribution in [3.63, 3.8) is 0 Å². The summed E-state index contributed by atoms with van der Waals surface area (Å²) >= 11 is 0. The summed E-state index contributed by atoms with van der Waals surface area (Å²) in [5, 5.41) is 0. The number of benzene rings is 2. The molecule has 5 heteroatoms. The van der Waals surface area contributed by atoms with Crippen LogP contribution in [0, 0.1) is 0 Å². The van der Waals surface area contributed by atoms with Gasteiger partial charge in [-0.1, -0.05) is 60.7 Å². The molecule has 0 aliphatic rings. The van der Waals surface area contributed by atoms with E-state index in [-0.39, 0.29) is 18.3 Å². The standard InChI is InChI=1S/C20H27N3O.ClH/c1-22(16-19-10-6-3-7-11-19)20(24)17-23(15-13-21)14-12-18-8-4-2-5-9-18;/h2-11H,12-17,21H2,1H3;1H. The van der Waals surface area contributed by atoms with Crippen molar-refractivity contribution in [3.05, 3.63) is 71.8 Å². The number of halogens is 1. The van der Waals surface area contributed by atoms with Gasteiger partial charge in [-0.05, 0) is 17.5 Å². The molecule has 0 aliphatic heterocycles. The summed E-state index contributed by atoms with van der Waals surface area (Å²) in [6.45, 7) is 3.18. The molecule has 2 N–H and O–H groups in total. The maximum atomic E-state index is 12.5. The molecule has 136 valence electrons. The van der Waals surface area contributed by atoms with Crippen LogP contribution in [-0.4, -0.2) is 48.9 Å². The second-order valence-electron chi connectivity index (χ2n) is 6.04. The molecule has 1 amide bonds. The van der Waals surface area contributed by atoms with Crippen LogP contribution >= 0.6 is 12.4 Å². The summed E-state index contributed by atoms with van der Waals surface area (Å²) < 4.78 is 0. The van der Waals surface area contributed by atoms with Crippen molar-refractivity contribution in [2.45, 2.75) is 13.0 Å². The highest BCUT2D eigenvalue weighted by molar-refractivity contribution is 5.85. The lowest BCUT2D eigenvalue weighted by Gasteiger charge is -2.25. The summed E-state index contributed by atoms with van der Waals surface area (Å²) in [5.41, 5.74) is 8.13. The van der Waals surface area contributed by atoms with Crippen LogP contribution in [0.3, 0.4) is 0 Å². The number of nitrogens with zero attached hydrogens (tertiary/aromatic N) is 2. The molecule has 0 fully saturated rings. The topological polar surface area (TPSA) is 49.6 Å². The number of hydrogen-bond acceptors (Lipinski definition) is 3. The van der Waals surface area contributed by atoms with Gasteiger partial charge in [-0.2, -0.15) is 0 Å². The first-order valence-corrected chi connectivity index (χ1v) is 8.43. The highest BCUT2D eigenvalue weighted by Gasteiger charge is 2.14. The van der Waals surface area contributed by atoms with Crippen LogP contribution in [0.2, 0.25) is 0 Å². The van der Waals surface area contributed by atoms with Crippen molar-refractivity contribution < 1.29 is 4.79 Å². The fourth-order valence-corrected chi connectivity index (χ4v) is 2.64. The zero-order chi connectivity index (χ0) is 17.2. The van der Waals surface area contributed by atoms with Gasteiger partial charge in [-0.15, -0.1) is 12.4 Å². The minimum absolute atomic E-state index is 0. The lowest BCUT2D eigenvalue weighted by molar-refractivity contribution is -0.131. The van der Waals surface area contributed by atoms with Crippen LogP contribution in [0.1, 0.15) is 11.1 Å². The highest BCUT2D eigenvalue weighted by atomic mass is 35.5. The van der Waals surface area contributed by atoms with E-state index in [1.165, 1.54) is 5.56 Å². The fraction of sp³-hybridized carbons (Fsp3) is 0.350. The molecular weight excluding hydrogens is 334 g/mol. The molecule has 2 aromatic rings. The number of nitrogens with two attached hydrogens (primary N) is 1.